The molecule has 1 aliphatic carbocycles. The first-order valence-electron chi connectivity index (χ1n) is 10.8. The first-order chi connectivity index (χ1) is 14.7. The molecule has 1 saturated heterocycles. The summed E-state index contributed by atoms with van der Waals surface area (Å²) in [6.07, 6.45) is 4.09. The molecule has 2 aliphatic rings. The Kier molecular flexibility index (Phi) is 6.83. The predicted octanol–water partition coefficient (Wildman–Crippen LogP) is 3.60. The second-order valence-corrected chi connectivity index (χ2v) is 8.70. The Morgan fingerprint density at radius 1 is 1.28 bits per heavy atom. The van der Waals surface area contributed by atoms with E-state index < -0.39 is 17.2 Å². The van der Waals surface area contributed by atoms with Crippen LogP contribution in [0.15, 0.2) is 17.1 Å². The SMILES string of the molecule is CCN(CC1CCN(c2c(F)cc3c(=O)c(C(=O)O)cn(C4CC4)c3c2C)C1)C(C)=O.Cl. The molecule has 7 nitrogen and oxygen atoms in total. The van der Waals surface area contributed by atoms with Gasteiger partial charge >= 0.3 is 5.97 Å². The minimum absolute atomic E-state index is 0. The average molecular weight is 466 g/mol. The Balaban J connectivity index is 0.00000289. The van der Waals surface area contributed by atoms with Crippen LogP contribution in [0.25, 0.3) is 10.9 Å². The standard InChI is InChI=1S/C23H28FN3O4.ClH/c1-4-25(14(3)28)10-15-7-8-26(11-15)21-13(2)20-17(9-19(21)24)22(29)18(23(30)31)12-27(20)16-5-6-16;/h9,12,15-16H,4-8,10-11H2,1-3H3,(H,30,31);1H. The normalized spacial score (nSPS) is 18.0. The van der Waals surface area contributed by atoms with Crippen molar-refractivity contribution in [2.45, 2.75) is 46.1 Å². The topological polar surface area (TPSA) is 82.8 Å². The number of carbonyl (C=O) groups excluding carboxylic acids is 1. The van der Waals surface area contributed by atoms with Crippen LogP contribution in [0, 0.1) is 18.7 Å². The molecule has 2 aromatic rings. The molecule has 9 heteroatoms. The number of fused-ring (bicyclic) bond motifs is 1. The van der Waals surface area contributed by atoms with Gasteiger partial charge in [-0.15, -0.1) is 12.4 Å². The van der Waals surface area contributed by atoms with Crippen molar-refractivity contribution in [2.24, 2.45) is 5.92 Å². The summed E-state index contributed by atoms with van der Waals surface area (Å²) in [7, 11) is 0. The maximum Gasteiger partial charge on any atom is 0.341 e. The second kappa shape index (κ2) is 9.10. The number of carboxylic acids is 1. The quantitative estimate of drug-likeness (QED) is 0.704. The van der Waals surface area contributed by atoms with E-state index in [1.165, 1.54) is 12.3 Å². The number of carbonyl (C=O) groups is 2. The van der Waals surface area contributed by atoms with Crippen LogP contribution in [0.1, 0.15) is 55.1 Å². The Morgan fingerprint density at radius 3 is 2.53 bits per heavy atom. The van der Waals surface area contributed by atoms with Gasteiger partial charge in [-0.3, -0.25) is 9.59 Å². The predicted molar refractivity (Wildman–Crippen MR) is 124 cm³/mol. The van der Waals surface area contributed by atoms with Crippen molar-refractivity contribution in [1.82, 2.24) is 9.47 Å². The number of rotatable bonds is 6. The van der Waals surface area contributed by atoms with Gasteiger partial charge in [-0.1, -0.05) is 0 Å². The van der Waals surface area contributed by atoms with E-state index in [-0.39, 0.29) is 41.2 Å². The number of nitrogens with zero attached hydrogens (tertiary/aromatic N) is 3. The lowest BCUT2D eigenvalue weighted by molar-refractivity contribution is -0.129. The monoisotopic (exact) mass is 465 g/mol. The van der Waals surface area contributed by atoms with Gasteiger partial charge in [0.15, 0.2) is 0 Å². The third-order valence-corrected chi connectivity index (χ3v) is 6.56. The Labute approximate surface area is 192 Å². The molecule has 1 atom stereocenters. The highest BCUT2D eigenvalue weighted by Crippen LogP contribution is 2.40. The lowest BCUT2D eigenvalue weighted by Crippen LogP contribution is -2.34. The zero-order valence-electron chi connectivity index (χ0n) is 18.6. The van der Waals surface area contributed by atoms with E-state index in [2.05, 4.69) is 0 Å². The van der Waals surface area contributed by atoms with Gasteiger partial charge in [0, 0.05) is 50.7 Å². The molecule has 1 aromatic heterocycles. The molecule has 1 amide bonds. The highest BCUT2D eigenvalue weighted by molar-refractivity contribution is 5.95. The fraction of sp³-hybridized carbons (Fsp3) is 0.522. The van der Waals surface area contributed by atoms with Crippen LogP contribution >= 0.6 is 12.4 Å². The van der Waals surface area contributed by atoms with E-state index in [4.69, 9.17) is 0 Å². The fourth-order valence-electron chi connectivity index (χ4n) is 4.83. The smallest absolute Gasteiger partial charge is 0.341 e. The third kappa shape index (κ3) is 4.20. The van der Waals surface area contributed by atoms with Crippen LogP contribution < -0.4 is 10.3 Å². The van der Waals surface area contributed by atoms with Crippen molar-refractivity contribution >= 4 is 40.9 Å². The molecule has 4 rings (SSSR count). The Morgan fingerprint density at radius 2 is 1.97 bits per heavy atom. The van der Waals surface area contributed by atoms with Crippen LogP contribution in [-0.4, -0.2) is 52.6 Å². The Bertz CT molecular complexity index is 1130. The molecule has 32 heavy (non-hydrogen) atoms. The molecule has 1 aromatic carbocycles. The summed E-state index contributed by atoms with van der Waals surface area (Å²) in [4.78, 5) is 39.9. The number of hydrogen-bond donors (Lipinski definition) is 1. The number of halogens is 2. The zero-order chi connectivity index (χ0) is 22.4. The van der Waals surface area contributed by atoms with Gasteiger partial charge in [0.05, 0.1) is 11.2 Å². The number of hydrogen-bond acceptors (Lipinski definition) is 4. The van der Waals surface area contributed by atoms with E-state index in [0.717, 1.165) is 19.3 Å². The van der Waals surface area contributed by atoms with Crippen molar-refractivity contribution in [2.75, 3.05) is 31.1 Å². The van der Waals surface area contributed by atoms with E-state index in [0.29, 0.717) is 42.9 Å². The van der Waals surface area contributed by atoms with E-state index >= 15 is 4.39 Å². The lowest BCUT2D eigenvalue weighted by Gasteiger charge is -2.26. The Hall–Kier alpha value is -2.61. The molecule has 0 radical (unpaired) electrons. The summed E-state index contributed by atoms with van der Waals surface area (Å²) in [6, 6.07) is 1.34. The number of aryl methyl sites for hydroxylation is 1. The molecule has 2 fully saturated rings. The van der Waals surface area contributed by atoms with Gasteiger partial charge in [0.2, 0.25) is 11.3 Å². The summed E-state index contributed by atoms with van der Waals surface area (Å²) >= 11 is 0. The second-order valence-electron chi connectivity index (χ2n) is 8.70. The van der Waals surface area contributed by atoms with Gasteiger partial charge in [0.1, 0.15) is 11.4 Å². The first kappa shape index (κ1) is 24.0. The third-order valence-electron chi connectivity index (χ3n) is 6.56. The van der Waals surface area contributed by atoms with Crippen molar-refractivity contribution < 1.29 is 19.1 Å². The van der Waals surface area contributed by atoms with E-state index in [9.17, 15) is 19.5 Å². The number of carboxylic acid groups (broad SMARTS) is 1. The van der Waals surface area contributed by atoms with Crippen LogP contribution in [0.4, 0.5) is 10.1 Å². The largest absolute Gasteiger partial charge is 0.477 e. The van der Waals surface area contributed by atoms with Gasteiger partial charge in [0.25, 0.3) is 0 Å². The van der Waals surface area contributed by atoms with Gasteiger partial charge in [-0.25, -0.2) is 9.18 Å². The maximum absolute atomic E-state index is 15.3. The van der Waals surface area contributed by atoms with Crippen LogP contribution in [0.3, 0.4) is 0 Å². The minimum Gasteiger partial charge on any atom is -0.477 e. The molecule has 0 bridgehead atoms. The molecule has 0 spiro atoms. The highest BCUT2D eigenvalue weighted by Gasteiger charge is 2.32. The molecule has 1 unspecified atom stereocenters. The maximum atomic E-state index is 15.3. The summed E-state index contributed by atoms with van der Waals surface area (Å²) in [5.41, 5.74) is 0.785. The number of aromatic carboxylic acids is 1. The first-order valence-corrected chi connectivity index (χ1v) is 10.8. The summed E-state index contributed by atoms with van der Waals surface area (Å²) in [5.74, 6) is -1.52. The van der Waals surface area contributed by atoms with E-state index in [1.54, 1.807) is 18.7 Å². The van der Waals surface area contributed by atoms with Gasteiger partial charge in [-0.2, -0.15) is 0 Å². The lowest BCUT2D eigenvalue weighted by atomic mass is 10.0. The zero-order valence-corrected chi connectivity index (χ0v) is 19.4. The summed E-state index contributed by atoms with van der Waals surface area (Å²) < 4.78 is 17.1. The van der Waals surface area contributed by atoms with Crippen molar-refractivity contribution in [3.63, 3.8) is 0 Å². The number of anilines is 1. The number of pyridine rings is 1. The van der Waals surface area contributed by atoms with Crippen LogP contribution in [0.2, 0.25) is 0 Å². The molecule has 1 saturated carbocycles. The van der Waals surface area contributed by atoms with Crippen molar-refractivity contribution in [1.29, 1.82) is 0 Å². The van der Waals surface area contributed by atoms with Crippen LogP contribution in [-0.2, 0) is 4.79 Å². The molecule has 1 aliphatic heterocycles. The molecular weight excluding hydrogens is 437 g/mol. The van der Waals surface area contributed by atoms with Gasteiger partial charge in [-0.05, 0) is 50.7 Å². The number of benzene rings is 1. The highest BCUT2D eigenvalue weighted by atomic mass is 35.5. The van der Waals surface area contributed by atoms with E-state index in [1.807, 2.05) is 16.4 Å². The summed E-state index contributed by atoms with van der Waals surface area (Å²) in [6.45, 7) is 7.91. The molecular formula is C23H29ClFN3O4. The van der Waals surface area contributed by atoms with Crippen LogP contribution in [0.5, 0.6) is 0 Å². The van der Waals surface area contributed by atoms with Crippen molar-refractivity contribution in [3.05, 3.63) is 39.4 Å². The van der Waals surface area contributed by atoms with Gasteiger partial charge < -0.3 is 19.5 Å². The molecule has 174 valence electrons. The number of aromatic nitrogens is 1. The average Bonchev–Trinajstić information content (AvgIpc) is 3.45. The van der Waals surface area contributed by atoms with Crippen molar-refractivity contribution in [3.8, 4) is 0 Å². The minimum atomic E-state index is -1.29. The summed E-state index contributed by atoms with van der Waals surface area (Å²) in [5, 5.41) is 9.56. The fourth-order valence-corrected chi connectivity index (χ4v) is 4.83. The number of amides is 1. The molecule has 1 N–H and O–H groups in total. The molecule has 2 heterocycles.